The van der Waals surface area contributed by atoms with E-state index in [0.29, 0.717) is 46.7 Å². The van der Waals surface area contributed by atoms with Gasteiger partial charge < -0.3 is 51.4 Å². The molecule has 0 spiro atoms. The van der Waals surface area contributed by atoms with Gasteiger partial charge in [-0.15, -0.1) is 12.4 Å². The van der Waals surface area contributed by atoms with Crippen molar-refractivity contribution in [3.05, 3.63) is 58.1 Å². The highest BCUT2D eigenvalue weighted by Crippen LogP contribution is 2.31. The van der Waals surface area contributed by atoms with Gasteiger partial charge in [0.05, 0.1) is 25.0 Å². The van der Waals surface area contributed by atoms with Gasteiger partial charge >= 0.3 is 0 Å². The summed E-state index contributed by atoms with van der Waals surface area (Å²) in [6.07, 6.45) is -4.65. The number of likely N-dealkylation sites (tertiary alicyclic amines) is 1. The zero-order chi connectivity index (χ0) is 41.5. The van der Waals surface area contributed by atoms with Crippen LogP contribution in [0.3, 0.4) is 0 Å². The van der Waals surface area contributed by atoms with Crippen molar-refractivity contribution in [1.29, 1.82) is 5.41 Å². The molecule has 0 radical (unpaired) electrons. The molecule has 316 valence electrons. The van der Waals surface area contributed by atoms with E-state index in [-0.39, 0.29) is 29.6 Å². The van der Waals surface area contributed by atoms with Crippen LogP contribution in [-0.2, 0) is 40.4 Å². The smallest absolute Gasteiger partial charge is 0.245 e. The number of ether oxygens (including phenoxy) is 2. The predicted molar refractivity (Wildman–Crippen MR) is 210 cm³/mol. The van der Waals surface area contributed by atoms with Gasteiger partial charge in [0.15, 0.2) is 6.23 Å². The van der Waals surface area contributed by atoms with Crippen LogP contribution >= 0.6 is 12.4 Å². The van der Waals surface area contributed by atoms with Crippen molar-refractivity contribution in [2.45, 2.75) is 107 Å². The average molecular weight is 840 g/mol. The van der Waals surface area contributed by atoms with Crippen molar-refractivity contribution < 1.29 is 52.4 Å². The Labute approximate surface area is 338 Å². The third kappa shape index (κ3) is 11.6. The van der Waals surface area contributed by atoms with Gasteiger partial charge in [-0.1, -0.05) is 24.3 Å². The number of amides is 4. The van der Waals surface area contributed by atoms with Crippen LogP contribution in [0, 0.1) is 26.2 Å². The first kappa shape index (κ1) is 47.0. The number of hydrogen-bond donors (Lipinski definition) is 9. The summed E-state index contributed by atoms with van der Waals surface area (Å²) in [6.45, 7) is 6.08. The summed E-state index contributed by atoms with van der Waals surface area (Å²) in [4.78, 5) is 55.4. The summed E-state index contributed by atoms with van der Waals surface area (Å²) in [5.74, 6) is -2.75. The molecule has 2 aliphatic rings. The second kappa shape index (κ2) is 20.4. The lowest BCUT2D eigenvalue weighted by Crippen LogP contribution is -2.68. The fourth-order valence-corrected chi connectivity index (χ4v) is 8.70. The quantitative estimate of drug-likeness (QED) is 0.0785. The van der Waals surface area contributed by atoms with Gasteiger partial charge in [-0.3, -0.25) is 24.6 Å². The number of nitrogen functional groups attached to an aromatic ring is 1. The normalized spacial score (nSPS) is 22.0. The molecule has 10 N–H and O–H groups in total. The minimum atomic E-state index is -4.56. The Morgan fingerprint density at radius 3 is 2.19 bits per heavy atom. The van der Waals surface area contributed by atoms with E-state index in [1.807, 2.05) is 0 Å². The van der Waals surface area contributed by atoms with Crippen LogP contribution in [0.25, 0.3) is 0 Å². The summed E-state index contributed by atoms with van der Waals surface area (Å²) in [6, 6.07) is 3.63. The first-order valence-corrected chi connectivity index (χ1v) is 19.7. The lowest BCUT2D eigenvalue weighted by molar-refractivity contribution is -0.203. The largest absolute Gasteiger partial charge is 0.496 e. The van der Waals surface area contributed by atoms with Gasteiger partial charge in [-0.05, 0) is 68.4 Å². The van der Waals surface area contributed by atoms with Gasteiger partial charge in [0, 0.05) is 32.0 Å². The minimum absolute atomic E-state index is 0. The molecule has 7 atom stereocenters. The maximum atomic E-state index is 14.3. The van der Waals surface area contributed by atoms with E-state index in [1.165, 1.54) is 13.2 Å². The third-order valence-electron chi connectivity index (χ3n) is 10.1. The maximum absolute atomic E-state index is 14.3. The molecule has 0 unspecified atom stereocenters. The first-order chi connectivity index (χ1) is 26.4. The fraction of sp³-hybridized carbons (Fsp3) is 0.541. The molecule has 0 aliphatic carbocycles. The predicted octanol–water partition coefficient (Wildman–Crippen LogP) is -0.837. The van der Waals surface area contributed by atoms with Crippen molar-refractivity contribution in [2.24, 2.45) is 5.73 Å². The number of hydrogen-bond acceptors (Lipinski definition) is 12. The molecule has 2 aromatic carbocycles. The van der Waals surface area contributed by atoms with Crippen molar-refractivity contribution in [1.82, 2.24) is 25.6 Å². The highest BCUT2D eigenvalue weighted by molar-refractivity contribution is 7.89. The third-order valence-corrected chi connectivity index (χ3v) is 11.8. The number of amidine groups is 1. The number of piperidine rings is 1. The van der Waals surface area contributed by atoms with Crippen molar-refractivity contribution in [3.63, 3.8) is 0 Å². The van der Waals surface area contributed by atoms with Crippen LogP contribution in [0.4, 0.5) is 0 Å². The highest BCUT2D eigenvalue weighted by atomic mass is 35.5. The number of nitrogens with zero attached hydrogens (tertiary/aromatic N) is 1. The zero-order valence-electron chi connectivity index (χ0n) is 32.5. The van der Waals surface area contributed by atoms with Gasteiger partial charge in [0.2, 0.25) is 33.7 Å². The van der Waals surface area contributed by atoms with E-state index in [4.69, 9.17) is 20.6 Å². The molecule has 2 fully saturated rings. The Bertz CT molecular complexity index is 1890. The average Bonchev–Trinajstić information content (AvgIpc) is 3.15. The molecular formula is C37H54ClN7O11S. The van der Waals surface area contributed by atoms with Gasteiger partial charge in [-0.25, -0.2) is 8.42 Å². The standard InChI is InChI=1S/C37H53N7O11S.ClH/c1-19-15-27(54-5)20(2)21(3)33(19)56(52,53)43-25(17-29(47)42-36-30(40-22(4)46)32(49)31(48)28(18-45)55-36)35(50)41-26(37(51)44-13-7-6-8-14-44)16-23-9-11-24(12-10-23)34(38)39;/h9-12,15,25-26,28,30-32,36,43,45,48-49H,6-8,13-14,16-18H2,1-5H3,(H3,38,39)(H,40,46)(H,41,50)(H,42,47);1H/t25-,26+,28+,30+,31+,32+,36+;/m0./s1. The molecule has 2 aromatic rings. The molecule has 20 heteroatoms. The van der Waals surface area contributed by atoms with Crippen LogP contribution in [-0.4, -0.2) is 128 Å². The summed E-state index contributed by atoms with van der Waals surface area (Å²) in [5, 5.41) is 46.1. The Kier molecular flexibility index (Phi) is 16.8. The molecular weight excluding hydrogens is 786 g/mol. The molecule has 57 heavy (non-hydrogen) atoms. The summed E-state index contributed by atoms with van der Waals surface area (Å²) >= 11 is 0. The van der Waals surface area contributed by atoms with E-state index >= 15 is 0 Å². The Morgan fingerprint density at radius 1 is 1.00 bits per heavy atom. The van der Waals surface area contributed by atoms with E-state index in [2.05, 4.69) is 20.7 Å². The SMILES string of the molecule is COc1cc(C)c(S(=O)(=O)N[C@@H](CC(=O)N[C@@H]2O[C@H](CO)[C@@H](O)[C@H](O)[C@H]2NC(C)=O)C(=O)N[C@H](Cc2ccc(C(=N)N)cc2)C(=O)N2CCCCC2)c(C)c1C.Cl. The van der Waals surface area contributed by atoms with Crippen LogP contribution in [0.2, 0.25) is 0 Å². The maximum Gasteiger partial charge on any atom is 0.245 e. The molecule has 18 nitrogen and oxygen atoms in total. The monoisotopic (exact) mass is 839 g/mol. The second-order valence-corrected chi connectivity index (χ2v) is 15.8. The molecule has 0 aromatic heterocycles. The number of methoxy groups -OCH3 is 1. The van der Waals surface area contributed by atoms with Crippen LogP contribution < -0.4 is 31.1 Å². The molecule has 4 amide bonds. The van der Waals surface area contributed by atoms with Gasteiger partial charge in [0.1, 0.15) is 48.0 Å². The van der Waals surface area contributed by atoms with Crippen molar-refractivity contribution in [2.75, 3.05) is 26.8 Å². The second-order valence-electron chi connectivity index (χ2n) is 14.2. The van der Waals surface area contributed by atoms with Gasteiger partial charge in [-0.2, -0.15) is 4.72 Å². The Balaban J connectivity index is 0.00000870. The molecule has 0 saturated carbocycles. The molecule has 0 bridgehead atoms. The number of aliphatic hydroxyl groups excluding tert-OH is 3. The molecule has 2 saturated heterocycles. The molecule has 2 heterocycles. The zero-order valence-corrected chi connectivity index (χ0v) is 34.2. The number of carbonyl (C=O) groups excluding carboxylic acids is 4. The fourth-order valence-electron chi connectivity index (χ4n) is 6.98. The number of benzene rings is 2. The van der Waals surface area contributed by atoms with E-state index in [1.54, 1.807) is 49.9 Å². The number of aliphatic hydroxyl groups is 3. The van der Waals surface area contributed by atoms with Crippen LogP contribution in [0.15, 0.2) is 35.2 Å². The Morgan fingerprint density at radius 2 is 1.63 bits per heavy atom. The van der Waals surface area contributed by atoms with Crippen LogP contribution in [0.1, 0.15) is 60.4 Å². The number of carbonyl (C=O) groups is 4. The molecule has 4 rings (SSSR count). The summed E-state index contributed by atoms with van der Waals surface area (Å²) < 4.78 is 41.7. The number of nitrogens with two attached hydrogens (primary N) is 1. The highest BCUT2D eigenvalue weighted by Gasteiger charge is 2.46. The number of halogens is 1. The van der Waals surface area contributed by atoms with Crippen LogP contribution in [0.5, 0.6) is 5.75 Å². The number of rotatable bonds is 15. The Hall–Kier alpha value is -4.37. The molecule has 2 aliphatic heterocycles. The first-order valence-electron chi connectivity index (χ1n) is 18.3. The topological polar surface area (TPSA) is 283 Å². The van der Waals surface area contributed by atoms with Crippen molar-refractivity contribution >= 4 is 51.9 Å². The number of nitrogens with one attached hydrogen (secondary N) is 5. The van der Waals surface area contributed by atoms with E-state index < -0.39 is 89.3 Å². The lowest BCUT2D eigenvalue weighted by atomic mass is 9.95. The number of aryl methyl sites for hydroxylation is 1. The summed E-state index contributed by atoms with van der Waals surface area (Å²) in [7, 11) is -3.12. The number of sulfonamides is 1. The van der Waals surface area contributed by atoms with Crippen molar-refractivity contribution in [3.8, 4) is 5.75 Å². The minimum Gasteiger partial charge on any atom is -0.496 e. The lowest BCUT2D eigenvalue weighted by Gasteiger charge is -2.42. The summed E-state index contributed by atoms with van der Waals surface area (Å²) in [5.41, 5.74) is 7.82. The van der Waals surface area contributed by atoms with E-state index in [0.717, 1.165) is 26.2 Å². The van der Waals surface area contributed by atoms with Gasteiger partial charge in [0.25, 0.3) is 0 Å². The van der Waals surface area contributed by atoms with E-state index in [9.17, 15) is 42.9 Å².